The van der Waals surface area contributed by atoms with Crippen molar-refractivity contribution in [3.63, 3.8) is 0 Å². The first-order chi connectivity index (χ1) is 18.3. The van der Waals surface area contributed by atoms with Crippen molar-refractivity contribution in [3.05, 3.63) is 0 Å². The van der Waals surface area contributed by atoms with Gasteiger partial charge in [-0.15, -0.1) is 0 Å². The second kappa shape index (κ2) is 22.7. The molecule has 1 saturated heterocycles. The van der Waals surface area contributed by atoms with Gasteiger partial charge in [-0.3, -0.25) is 36.5 Å². The number of rotatable bonds is 8. The van der Waals surface area contributed by atoms with Crippen molar-refractivity contribution in [2.75, 3.05) is 36.7 Å². The molecule has 0 unspecified atom stereocenters. The van der Waals surface area contributed by atoms with Crippen molar-refractivity contribution in [3.8, 4) is 0 Å². The van der Waals surface area contributed by atoms with Gasteiger partial charge in [-0.2, -0.15) is 0 Å². The highest BCUT2D eigenvalue weighted by molar-refractivity contribution is 7.70. The van der Waals surface area contributed by atoms with E-state index in [9.17, 15) is 36.5 Å². The molecule has 0 saturated carbocycles. The van der Waals surface area contributed by atoms with E-state index in [0.29, 0.717) is 0 Å². The monoisotopic (exact) mass is 820 g/mol. The lowest BCUT2D eigenvalue weighted by Gasteiger charge is -2.03. The fourth-order valence-electron chi connectivity index (χ4n) is 1.94. The molecule has 1 aliphatic rings. The van der Waals surface area contributed by atoms with Crippen LogP contribution in [0.4, 0.5) is 0 Å². The molecule has 26 nitrogen and oxygen atoms in total. The van der Waals surface area contributed by atoms with E-state index < -0.39 is 84.4 Å². The molecule has 0 spiro atoms. The van der Waals surface area contributed by atoms with Crippen molar-refractivity contribution in [2.24, 2.45) is 0 Å². The van der Waals surface area contributed by atoms with E-state index >= 15 is 0 Å². The maximum atomic E-state index is 9.85. The summed E-state index contributed by atoms with van der Waals surface area (Å²) in [6, 6.07) is 0. The van der Waals surface area contributed by atoms with Crippen LogP contribution in [-0.4, -0.2) is 115 Å². The molecule has 44 heavy (non-hydrogen) atoms. The summed E-state index contributed by atoms with van der Waals surface area (Å²) in [7, 11) is -36.4. The Morgan fingerprint density at radius 1 is 0.318 bits per heavy atom. The quantitative estimate of drug-likeness (QED) is 0.124. The van der Waals surface area contributed by atoms with Crippen LogP contribution in [0.15, 0.2) is 0 Å². The Hall–Kier alpha value is 1.12. The van der Waals surface area contributed by atoms with Gasteiger partial charge in [0.15, 0.2) is 23.6 Å². The molecular weight excluding hydrogens is 780 g/mol. The van der Waals surface area contributed by atoms with Crippen LogP contribution in [0.3, 0.4) is 0 Å². The van der Waals surface area contributed by atoms with Gasteiger partial charge >= 0.3 is 60.8 Å². The van der Waals surface area contributed by atoms with Gasteiger partial charge in [0.25, 0.3) is 0 Å². The summed E-state index contributed by atoms with van der Waals surface area (Å²) in [5, 5.41) is 3.35. The van der Waals surface area contributed by atoms with Crippen LogP contribution < -0.4 is 11.5 Å². The SMILES string of the molecule is C1CCCNCC1.N.O=P(O)(O)CP(=O)(O)O.O=P(O)(O)CP(=O)(O)O.O=P(O)(O)CP(=O)(O)O.O=P(O)(O)CP(=O)(O)O. The minimum absolute atomic E-state index is 0. The van der Waals surface area contributed by atoms with Gasteiger partial charge in [-0.05, 0) is 25.9 Å². The Labute approximate surface area is 249 Å². The van der Waals surface area contributed by atoms with Crippen molar-refractivity contribution >= 4 is 60.8 Å². The van der Waals surface area contributed by atoms with Gasteiger partial charge in [-0.25, -0.2) is 0 Å². The molecule has 274 valence electrons. The largest absolute Gasteiger partial charge is 0.344 e. The first kappa shape index (κ1) is 54.6. The third-order valence-electron chi connectivity index (χ3n) is 2.93. The molecule has 0 aromatic carbocycles. The van der Waals surface area contributed by atoms with Crippen LogP contribution in [0.5, 0.6) is 0 Å². The van der Waals surface area contributed by atoms with E-state index in [4.69, 9.17) is 78.3 Å². The molecule has 0 aliphatic carbocycles. The minimum Gasteiger partial charge on any atom is -0.344 e. The molecule has 0 radical (unpaired) electrons. The van der Waals surface area contributed by atoms with E-state index in [0.717, 1.165) is 0 Å². The van der Waals surface area contributed by atoms with Crippen LogP contribution in [0.1, 0.15) is 25.7 Å². The molecular formula is C10H40N2O24P8. The molecule has 0 bridgehead atoms. The van der Waals surface area contributed by atoms with Gasteiger partial charge in [-0.1, -0.05) is 12.8 Å². The maximum absolute atomic E-state index is 9.85. The molecule has 20 N–H and O–H groups in total. The zero-order valence-corrected chi connectivity index (χ0v) is 29.4. The molecule has 34 heteroatoms. The van der Waals surface area contributed by atoms with Gasteiger partial charge in [0, 0.05) is 0 Å². The topological polar surface area (TPSA) is 507 Å². The van der Waals surface area contributed by atoms with Gasteiger partial charge in [0.05, 0.1) is 0 Å². The third kappa shape index (κ3) is 74.1. The molecule has 1 aliphatic heterocycles. The number of nitrogens with one attached hydrogen (secondary N) is 1. The molecule has 1 fully saturated rings. The van der Waals surface area contributed by atoms with Crippen LogP contribution in [-0.2, 0) is 36.5 Å². The highest BCUT2D eigenvalue weighted by atomic mass is 31.3. The second-order valence-electron chi connectivity index (χ2n) is 8.05. The maximum Gasteiger partial charge on any atom is 0.337 e. The van der Waals surface area contributed by atoms with Crippen LogP contribution in [0.25, 0.3) is 0 Å². The Balaban J connectivity index is -0.000000143. The highest BCUT2D eigenvalue weighted by Crippen LogP contribution is 2.53. The average molecular weight is 820 g/mol. The number of hydrogen-bond acceptors (Lipinski definition) is 10. The van der Waals surface area contributed by atoms with E-state index in [1.807, 2.05) is 0 Å². The molecule has 0 atom stereocenters. The molecule has 0 aromatic rings. The third-order valence-corrected chi connectivity index (χ3v) is 14.7. The van der Waals surface area contributed by atoms with Crippen LogP contribution in [0, 0.1) is 0 Å². The van der Waals surface area contributed by atoms with Gasteiger partial charge in [0.2, 0.25) is 0 Å². The first-order valence-corrected chi connectivity index (χ1v) is 24.8. The van der Waals surface area contributed by atoms with E-state index in [1.165, 1.54) is 38.8 Å². The normalized spacial score (nSPS) is 15.1. The lowest BCUT2D eigenvalue weighted by molar-refractivity contribution is 0.352. The van der Waals surface area contributed by atoms with Crippen molar-refractivity contribution in [1.82, 2.24) is 11.5 Å². The van der Waals surface area contributed by atoms with Crippen LogP contribution >= 0.6 is 60.8 Å². The Bertz CT molecular complexity index is 892. The summed E-state index contributed by atoms with van der Waals surface area (Å²) in [6.45, 7) is 2.50. The summed E-state index contributed by atoms with van der Waals surface area (Å²) in [6.07, 6.45) is 5.65. The molecule has 0 aromatic heterocycles. The second-order valence-corrected chi connectivity index (χ2v) is 23.2. The first-order valence-electron chi connectivity index (χ1n) is 10.4. The summed E-state index contributed by atoms with van der Waals surface area (Å²) in [5.41, 5.74) is 0. The summed E-state index contributed by atoms with van der Waals surface area (Å²) in [5.74, 6) is -5.50. The lowest BCUT2D eigenvalue weighted by Crippen LogP contribution is -2.12. The van der Waals surface area contributed by atoms with Crippen molar-refractivity contribution < 1.29 is 115 Å². The van der Waals surface area contributed by atoms with E-state index in [2.05, 4.69) is 5.32 Å². The molecule has 1 rings (SSSR count). The van der Waals surface area contributed by atoms with Gasteiger partial charge in [0.1, 0.15) is 0 Å². The average Bonchev–Trinajstić information content (AvgIpc) is 2.82. The van der Waals surface area contributed by atoms with E-state index in [1.54, 1.807) is 0 Å². The summed E-state index contributed by atoms with van der Waals surface area (Å²) >= 11 is 0. The summed E-state index contributed by atoms with van der Waals surface area (Å²) < 4.78 is 78.8. The molecule has 0 amide bonds. The predicted octanol–water partition coefficient (Wildman–Crippen LogP) is -1.49. The summed E-state index contributed by atoms with van der Waals surface area (Å²) in [4.78, 5) is 128. The van der Waals surface area contributed by atoms with Gasteiger partial charge < -0.3 is 89.8 Å². The van der Waals surface area contributed by atoms with Crippen molar-refractivity contribution in [1.29, 1.82) is 0 Å². The Morgan fingerprint density at radius 2 is 0.455 bits per heavy atom. The fraction of sp³-hybridized carbons (Fsp3) is 1.00. The zero-order valence-electron chi connectivity index (χ0n) is 22.3. The van der Waals surface area contributed by atoms with Crippen LogP contribution in [0.2, 0.25) is 0 Å². The Morgan fingerprint density at radius 3 is 0.545 bits per heavy atom. The lowest BCUT2D eigenvalue weighted by atomic mass is 10.2. The van der Waals surface area contributed by atoms with Crippen molar-refractivity contribution in [2.45, 2.75) is 25.7 Å². The highest BCUT2D eigenvalue weighted by Gasteiger charge is 2.28. The fourth-order valence-corrected chi connectivity index (χ4v) is 9.62. The number of hydrogen-bond donors (Lipinski definition) is 18. The predicted molar refractivity (Wildman–Crippen MR) is 152 cm³/mol. The zero-order chi connectivity index (χ0) is 35.8. The minimum atomic E-state index is -4.55. The smallest absolute Gasteiger partial charge is 0.337 e. The standard InChI is InChI=1S/C6H13N.4CH6O6P2.H3N/c1-2-4-6-7-5-3-1;4*2-8(3,4)1-9(5,6)7;/h7H,1-6H2;4*1H2,(H2,2,3,4)(H2,5,6,7);1H3. The van der Waals surface area contributed by atoms with E-state index in [-0.39, 0.29) is 6.15 Å². The molecule has 1 heterocycles. The Kier molecular flexibility index (Phi) is 28.1.